The Morgan fingerprint density at radius 3 is 2.58 bits per heavy atom. The van der Waals surface area contributed by atoms with Crippen molar-refractivity contribution in [1.82, 2.24) is 9.47 Å². The second kappa shape index (κ2) is 9.09. The van der Waals surface area contributed by atoms with Crippen LogP contribution in [0.5, 0.6) is 11.5 Å². The van der Waals surface area contributed by atoms with Crippen LogP contribution in [0.3, 0.4) is 0 Å². The van der Waals surface area contributed by atoms with E-state index in [4.69, 9.17) is 32.7 Å². The topological polar surface area (TPSA) is 46.9 Å². The monoisotopic (exact) mass is 487 g/mol. The van der Waals surface area contributed by atoms with E-state index in [1.54, 1.807) is 18.2 Å². The number of ether oxygens (including phenoxy) is 2. The number of rotatable bonds is 6. The fourth-order valence-electron chi connectivity index (χ4n) is 4.93. The zero-order valence-corrected chi connectivity index (χ0v) is 20.4. The molecule has 1 aliphatic carbocycles. The summed E-state index contributed by atoms with van der Waals surface area (Å²) in [5.41, 5.74) is 4.14. The number of aryl methyl sites for hydroxylation is 1. The van der Waals surface area contributed by atoms with Crippen molar-refractivity contribution >= 4 is 34.8 Å². The summed E-state index contributed by atoms with van der Waals surface area (Å²) >= 11 is 12.7. The van der Waals surface area contributed by atoms with Crippen LogP contribution in [0.4, 0.5) is 5.69 Å². The molecule has 0 spiro atoms. The lowest BCUT2D eigenvalue weighted by molar-refractivity contribution is 0.0996. The summed E-state index contributed by atoms with van der Waals surface area (Å²) in [7, 11) is 3.55. The fourth-order valence-corrected chi connectivity index (χ4v) is 5.37. The van der Waals surface area contributed by atoms with Crippen molar-refractivity contribution in [2.45, 2.75) is 25.8 Å². The molecule has 0 radical (unpaired) electrons. The highest BCUT2D eigenvalue weighted by Crippen LogP contribution is 2.45. The van der Waals surface area contributed by atoms with Gasteiger partial charge >= 0.3 is 0 Å². The van der Waals surface area contributed by atoms with E-state index < -0.39 is 0 Å². The summed E-state index contributed by atoms with van der Waals surface area (Å²) in [6.07, 6.45) is 5.60. The van der Waals surface area contributed by atoms with Gasteiger partial charge in [-0.15, -0.1) is 0 Å². The number of anilines is 1. The number of aromatic nitrogens is 1. The quantitative estimate of drug-likeness (QED) is 0.462. The lowest BCUT2D eigenvalue weighted by atomic mass is 10.1. The third-order valence-corrected chi connectivity index (χ3v) is 7.42. The molecule has 33 heavy (non-hydrogen) atoms. The summed E-state index contributed by atoms with van der Waals surface area (Å²) in [5, 5.41) is 0.952. The molecule has 1 amide bonds. The number of halogens is 2. The number of carbonyl (C=O) groups is 1. The molecule has 0 bridgehead atoms. The van der Waals surface area contributed by atoms with Crippen LogP contribution in [-0.2, 0) is 13.6 Å². The first-order chi connectivity index (χ1) is 16.0. The minimum Gasteiger partial charge on any atom is -0.493 e. The number of fused-ring (bicyclic) bond motifs is 3. The van der Waals surface area contributed by atoms with Gasteiger partial charge in [-0.1, -0.05) is 29.6 Å². The molecule has 6 nitrogen and oxygen atoms in total. The molecule has 5 rings (SSSR count). The molecule has 0 saturated carbocycles. The number of nitrogens with zero attached hydrogens (tertiary/aromatic N) is 3. The van der Waals surface area contributed by atoms with Crippen molar-refractivity contribution in [1.29, 1.82) is 0 Å². The SMILES string of the molecule is COc1ccc(N2Cc3c(cc4c(Cl)c(Cl)cn(C)c3-4)C2=O)cc1OCCN1CCCCC1. The zero-order chi connectivity index (χ0) is 23.1. The summed E-state index contributed by atoms with van der Waals surface area (Å²) in [4.78, 5) is 17.5. The molecule has 1 fully saturated rings. The van der Waals surface area contributed by atoms with Crippen LogP contribution in [0.15, 0.2) is 30.5 Å². The first-order valence-corrected chi connectivity index (χ1v) is 12.0. The Morgan fingerprint density at radius 2 is 1.82 bits per heavy atom. The van der Waals surface area contributed by atoms with Crippen molar-refractivity contribution in [2.75, 3.05) is 38.3 Å². The molecule has 4 aliphatic rings. The molecule has 1 aromatic rings. The van der Waals surface area contributed by atoms with Crippen LogP contribution < -0.4 is 14.4 Å². The van der Waals surface area contributed by atoms with Crippen LogP contribution in [0.1, 0.15) is 35.2 Å². The number of pyridine rings is 1. The third kappa shape index (κ3) is 4.05. The average Bonchev–Trinajstić information content (AvgIpc) is 3.35. The Labute approximate surface area is 203 Å². The highest BCUT2D eigenvalue weighted by Gasteiger charge is 2.36. The average molecular weight is 488 g/mol. The molecular formula is C25H27Cl2N3O3. The molecule has 174 valence electrons. The van der Waals surface area contributed by atoms with Crippen molar-refractivity contribution in [3.63, 3.8) is 0 Å². The van der Waals surface area contributed by atoms with Crippen LogP contribution in [-0.4, -0.2) is 48.7 Å². The van der Waals surface area contributed by atoms with E-state index in [0.717, 1.165) is 42.1 Å². The number of benzene rings is 1. The van der Waals surface area contributed by atoms with Gasteiger partial charge in [0.25, 0.3) is 5.91 Å². The van der Waals surface area contributed by atoms with Crippen molar-refractivity contribution < 1.29 is 14.3 Å². The van der Waals surface area contributed by atoms with Gasteiger partial charge in [-0.2, -0.15) is 0 Å². The van der Waals surface area contributed by atoms with E-state index in [2.05, 4.69) is 4.90 Å². The maximum atomic E-state index is 13.3. The van der Waals surface area contributed by atoms with Gasteiger partial charge in [0, 0.05) is 48.2 Å². The number of amides is 1. The third-order valence-electron chi connectivity index (χ3n) is 6.63. The van der Waals surface area contributed by atoms with Gasteiger partial charge in [0.15, 0.2) is 11.5 Å². The Kier molecular flexibility index (Phi) is 6.16. The smallest absolute Gasteiger partial charge is 0.259 e. The van der Waals surface area contributed by atoms with Crippen molar-refractivity contribution in [2.24, 2.45) is 7.05 Å². The predicted molar refractivity (Wildman–Crippen MR) is 131 cm³/mol. The van der Waals surface area contributed by atoms with Crippen LogP contribution in [0.25, 0.3) is 11.3 Å². The van der Waals surface area contributed by atoms with Gasteiger partial charge in [-0.05, 0) is 44.1 Å². The van der Waals surface area contributed by atoms with E-state index >= 15 is 0 Å². The van der Waals surface area contributed by atoms with E-state index in [1.165, 1.54) is 19.3 Å². The molecule has 3 heterocycles. The number of hydrogen-bond donors (Lipinski definition) is 0. The summed E-state index contributed by atoms with van der Waals surface area (Å²) < 4.78 is 13.5. The van der Waals surface area contributed by atoms with Gasteiger partial charge in [0.2, 0.25) is 0 Å². The van der Waals surface area contributed by atoms with Gasteiger partial charge in [-0.3, -0.25) is 9.69 Å². The highest BCUT2D eigenvalue weighted by molar-refractivity contribution is 6.44. The van der Waals surface area contributed by atoms with Crippen LogP contribution >= 0.6 is 23.2 Å². The van der Waals surface area contributed by atoms with Crippen molar-refractivity contribution in [3.8, 4) is 22.8 Å². The first kappa shape index (κ1) is 22.4. The summed E-state index contributed by atoms with van der Waals surface area (Å²) in [6.45, 7) is 4.19. The number of likely N-dealkylation sites (tertiary alicyclic amines) is 1. The molecule has 1 saturated heterocycles. The van der Waals surface area contributed by atoms with E-state index in [-0.39, 0.29) is 5.91 Å². The number of carbonyl (C=O) groups excluding carboxylic acids is 1. The molecule has 0 N–H and O–H groups in total. The second-order valence-electron chi connectivity index (χ2n) is 8.68. The number of piperidine rings is 1. The zero-order valence-electron chi connectivity index (χ0n) is 18.9. The minimum atomic E-state index is -0.0576. The first-order valence-electron chi connectivity index (χ1n) is 11.3. The van der Waals surface area contributed by atoms with E-state index in [1.807, 2.05) is 35.9 Å². The molecule has 0 aromatic heterocycles. The Bertz CT molecular complexity index is 1170. The summed E-state index contributed by atoms with van der Waals surface area (Å²) in [5.74, 6) is 1.25. The molecule has 3 aliphatic heterocycles. The highest BCUT2D eigenvalue weighted by atomic mass is 35.5. The Hall–Kier alpha value is -2.41. The van der Waals surface area contributed by atoms with E-state index in [9.17, 15) is 4.79 Å². The molecule has 8 heteroatoms. The normalized spacial score (nSPS) is 16.5. The van der Waals surface area contributed by atoms with E-state index in [0.29, 0.717) is 40.3 Å². The van der Waals surface area contributed by atoms with Gasteiger partial charge in [0.05, 0.1) is 29.4 Å². The lowest BCUT2D eigenvalue weighted by Gasteiger charge is -2.26. The van der Waals surface area contributed by atoms with Gasteiger partial charge in [-0.25, -0.2) is 0 Å². The minimum absolute atomic E-state index is 0.0576. The molecular weight excluding hydrogens is 461 g/mol. The van der Waals surface area contributed by atoms with Crippen LogP contribution in [0, 0.1) is 0 Å². The van der Waals surface area contributed by atoms with Crippen LogP contribution in [0.2, 0.25) is 10.0 Å². The largest absolute Gasteiger partial charge is 0.493 e. The van der Waals surface area contributed by atoms with Gasteiger partial charge < -0.3 is 18.9 Å². The number of methoxy groups -OCH3 is 1. The number of hydrogen-bond acceptors (Lipinski definition) is 4. The molecule has 0 unspecified atom stereocenters. The molecule has 0 atom stereocenters. The Balaban J connectivity index is 1.38. The fraction of sp³-hybridized carbons (Fsp3) is 0.400. The maximum Gasteiger partial charge on any atom is 0.259 e. The lowest BCUT2D eigenvalue weighted by Crippen LogP contribution is -2.33. The second-order valence-corrected chi connectivity index (χ2v) is 9.46. The van der Waals surface area contributed by atoms with Gasteiger partial charge in [0.1, 0.15) is 6.61 Å². The Morgan fingerprint density at radius 1 is 1.03 bits per heavy atom. The van der Waals surface area contributed by atoms with Crippen molar-refractivity contribution in [3.05, 3.63) is 51.6 Å². The standard InChI is InChI=1S/C25H27Cl2N3O3/c1-28-15-20(26)23(27)18-13-17-19(24(18)28)14-30(25(17)31)16-6-7-21(32-2)22(12-16)33-11-10-29-8-4-3-5-9-29/h6-7,12-13,15H,3-5,8-11,14H2,1-2H3. The maximum absolute atomic E-state index is 13.3. The predicted octanol–water partition coefficient (Wildman–Crippen LogP) is 5.47. The summed E-state index contributed by atoms with van der Waals surface area (Å²) in [6, 6.07) is 7.49. The molecule has 1 aromatic carbocycles.